The molecule has 17 N–H and O–H groups in total. The average Bonchev–Trinajstić information content (AvgIpc) is 3.25. The Hall–Kier alpha value is -1.37. The van der Waals surface area contributed by atoms with E-state index in [0.29, 0.717) is 0 Å². The van der Waals surface area contributed by atoms with Gasteiger partial charge in [0.25, 0.3) is 0 Å². The summed E-state index contributed by atoms with van der Waals surface area (Å²) in [5.41, 5.74) is 18.2. The predicted molar refractivity (Wildman–Crippen MR) is 225 cm³/mol. The fourth-order valence-corrected chi connectivity index (χ4v) is 10.1. The summed E-state index contributed by atoms with van der Waals surface area (Å²) in [4.78, 5) is 0. The molecule has 5 aliphatic rings. The number of hydrogen-bond acceptors (Lipinski definition) is 33. The smallest absolute Gasteiger partial charge is 0.389 e. The summed E-state index contributed by atoms with van der Waals surface area (Å²) in [6, 6.07) is -5.18. The molecular weight excluding hydrogens is 1130 g/mol. The lowest BCUT2D eigenvalue weighted by molar-refractivity contribution is -0.372. The van der Waals surface area contributed by atoms with E-state index in [1.807, 2.05) is 0 Å². The average molecular weight is 1190 g/mol. The second-order valence-corrected chi connectivity index (χ2v) is 22.4. The molecule has 5 aliphatic heterocycles. The Morgan fingerprint density at radius 2 is 0.757 bits per heavy atom. The number of nitrogens with two attached hydrogens (primary N) is 3. The molecule has 5 fully saturated rings. The SMILES string of the molecule is CC1O[C@@H](O[C@@H]2C(COS(=O)(=O)O)O[C@@H](O[C@@H]3C(C)O[C@@H](O[C@@H]4C(COS(=O)(=O)O)O[C@@H](C)C(N)[C@H]4O)C(OS(=O)(=O)O)[C@@H]3O)C(N)[C@H]2OS(=O)(=O)O)C(O)[C@@H](O)[C@@H]1O[C@@H]1OC(COS(=O)(=O)O)[C@@H](O)[C@H](O)C1N. The molecular formula is C31H57N3O35S5. The first-order valence-corrected chi connectivity index (χ1v) is 28.0. The molecule has 5 rings (SSSR count). The Morgan fingerprint density at radius 1 is 0.351 bits per heavy atom. The molecule has 10 unspecified atom stereocenters. The molecule has 0 radical (unpaired) electrons. The van der Waals surface area contributed by atoms with Gasteiger partial charge in [-0.25, -0.2) is 20.9 Å². The molecule has 0 aromatic heterocycles. The van der Waals surface area contributed by atoms with Crippen LogP contribution in [0.3, 0.4) is 0 Å². The molecule has 0 amide bonds. The van der Waals surface area contributed by atoms with E-state index in [9.17, 15) is 86.4 Å². The maximum Gasteiger partial charge on any atom is 0.397 e. The Kier molecular flexibility index (Phi) is 21.1. The summed E-state index contributed by atoms with van der Waals surface area (Å²) in [6.45, 7) is -0.0372. The van der Waals surface area contributed by atoms with E-state index < -0.39 is 225 Å². The van der Waals surface area contributed by atoms with Crippen molar-refractivity contribution < 1.29 is 159 Å². The Bertz CT molecular complexity index is 2450. The van der Waals surface area contributed by atoms with E-state index in [1.54, 1.807) is 0 Å². The van der Waals surface area contributed by atoms with Crippen LogP contribution in [-0.2, 0) is 116 Å². The number of hydrogen-bond donors (Lipinski definition) is 14. The summed E-state index contributed by atoms with van der Waals surface area (Å²) in [7, 11) is -27.1. The van der Waals surface area contributed by atoms with Gasteiger partial charge in [-0.1, -0.05) is 0 Å². The van der Waals surface area contributed by atoms with Crippen LogP contribution in [0, 0.1) is 0 Å². The van der Waals surface area contributed by atoms with Crippen LogP contribution in [0.15, 0.2) is 0 Å². The van der Waals surface area contributed by atoms with Crippen LogP contribution in [0.1, 0.15) is 20.8 Å². The second-order valence-electron chi connectivity index (χ2n) is 17.1. The van der Waals surface area contributed by atoms with Crippen molar-refractivity contribution in [1.82, 2.24) is 0 Å². The van der Waals surface area contributed by atoms with Gasteiger partial charge in [-0.05, 0) is 20.8 Å². The first kappa shape index (κ1) is 63.5. The van der Waals surface area contributed by atoms with Crippen LogP contribution in [0.25, 0.3) is 0 Å². The lowest BCUT2D eigenvalue weighted by Crippen LogP contribution is -2.69. The zero-order valence-corrected chi connectivity index (χ0v) is 42.1. The normalized spacial score (nSPS) is 44.3. The predicted octanol–water partition coefficient (Wildman–Crippen LogP) is -9.76. The molecule has 0 aromatic carbocycles. The number of aliphatic hydroxyl groups is 6. The van der Waals surface area contributed by atoms with Gasteiger partial charge in [-0.15, -0.1) is 0 Å². The van der Waals surface area contributed by atoms with Gasteiger partial charge in [-0.2, -0.15) is 42.1 Å². The molecule has 0 spiro atoms. The summed E-state index contributed by atoms with van der Waals surface area (Å²) in [5.74, 6) is 0. The number of aliphatic hydroxyl groups excluding tert-OH is 6. The molecule has 436 valence electrons. The van der Waals surface area contributed by atoms with Gasteiger partial charge in [0.2, 0.25) is 0 Å². The quantitative estimate of drug-likeness (QED) is 0.0475. The van der Waals surface area contributed by atoms with Gasteiger partial charge >= 0.3 is 52.0 Å². The van der Waals surface area contributed by atoms with E-state index in [1.165, 1.54) is 6.92 Å². The zero-order chi connectivity index (χ0) is 56.0. The fourth-order valence-electron chi connectivity index (χ4n) is 8.20. The van der Waals surface area contributed by atoms with Crippen molar-refractivity contribution in [3.8, 4) is 0 Å². The van der Waals surface area contributed by atoms with Crippen LogP contribution in [0.5, 0.6) is 0 Å². The Morgan fingerprint density at radius 3 is 1.26 bits per heavy atom. The van der Waals surface area contributed by atoms with Crippen LogP contribution in [-0.4, -0.2) is 268 Å². The maximum absolute atomic E-state index is 12.3. The molecule has 43 heteroatoms. The highest BCUT2D eigenvalue weighted by molar-refractivity contribution is 7.81. The minimum absolute atomic E-state index is 1.05. The van der Waals surface area contributed by atoms with Crippen molar-refractivity contribution in [2.75, 3.05) is 19.8 Å². The highest BCUT2D eigenvalue weighted by atomic mass is 32.3. The third-order valence-electron chi connectivity index (χ3n) is 11.8. The maximum atomic E-state index is 12.3. The highest BCUT2D eigenvalue weighted by Crippen LogP contribution is 2.37. The monoisotopic (exact) mass is 1190 g/mol. The van der Waals surface area contributed by atoms with Crippen molar-refractivity contribution >= 4 is 52.0 Å². The minimum atomic E-state index is -5.72. The fraction of sp³-hybridized carbons (Fsp3) is 1.00. The first-order chi connectivity index (χ1) is 33.8. The van der Waals surface area contributed by atoms with Crippen LogP contribution < -0.4 is 17.2 Å². The van der Waals surface area contributed by atoms with E-state index in [0.717, 1.165) is 13.8 Å². The lowest BCUT2D eigenvalue weighted by atomic mass is 9.93. The van der Waals surface area contributed by atoms with Crippen LogP contribution in [0.2, 0.25) is 0 Å². The van der Waals surface area contributed by atoms with E-state index in [2.05, 4.69) is 16.7 Å². The molecule has 0 bridgehead atoms. The van der Waals surface area contributed by atoms with E-state index >= 15 is 0 Å². The van der Waals surface area contributed by atoms with Crippen LogP contribution in [0.4, 0.5) is 0 Å². The summed E-state index contributed by atoms with van der Waals surface area (Å²) in [6.07, 6.45) is -44.1. The highest BCUT2D eigenvalue weighted by Gasteiger charge is 2.57. The number of rotatable bonds is 21. The molecule has 5 saturated heterocycles. The standard InChI is InChI=1S/C31H57N3O35S5/c1-7-13(32)18(37)24(11(59-7)5-57-71(44,45)46)66-31-27(69-74(53,54)55)21(40)23(9(3)61-31)65-29-15(34)26(68-73(50,51)52)25(12(63-29)6-58-72(47,48)49)67-30-20(39)19(38)22(8(2)60-30)64-28-14(33)17(36)16(35)10(62-28)4-56-70(41,42)43/h7-31,35-40H,4-6,32-34H2,1-3H3,(H,41,42,43)(H,44,45,46)(H,47,48,49)(H,50,51,52)(H,53,54,55)/t7-,8?,9?,10?,11?,12?,13?,14?,15?,16+,17+,18+,19+,20?,21+,22+,23+,24+,25+,26+,27?,28-,29-,30-,31-/m0/s1. The number of ether oxygens (including phenoxy) is 9. The van der Waals surface area contributed by atoms with Gasteiger partial charge < -0.3 is 90.5 Å². The molecule has 0 aromatic rings. The van der Waals surface area contributed by atoms with E-state index in [4.69, 9.17) is 73.1 Å². The lowest BCUT2D eigenvalue weighted by Gasteiger charge is -2.50. The van der Waals surface area contributed by atoms with Gasteiger partial charge in [0.1, 0.15) is 85.5 Å². The Balaban J connectivity index is 1.40. The Labute approximate surface area is 420 Å². The first-order valence-electron chi connectivity index (χ1n) is 21.2. The zero-order valence-electron chi connectivity index (χ0n) is 38.0. The topological polar surface area (TPSA) is 601 Å². The third kappa shape index (κ3) is 16.8. The van der Waals surface area contributed by atoms with Gasteiger partial charge in [0.05, 0.1) is 56.3 Å². The molecule has 0 saturated carbocycles. The van der Waals surface area contributed by atoms with Gasteiger partial charge in [-0.3, -0.25) is 22.8 Å². The summed E-state index contributed by atoms with van der Waals surface area (Å²) < 4.78 is 238. The molecule has 74 heavy (non-hydrogen) atoms. The van der Waals surface area contributed by atoms with Gasteiger partial charge in [0.15, 0.2) is 31.3 Å². The summed E-state index contributed by atoms with van der Waals surface area (Å²) >= 11 is 0. The van der Waals surface area contributed by atoms with Crippen molar-refractivity contribution in [3.63, 3.8) is 0 Å². The van der Waals surface area contributed by atoms with Crippen molar-refractivity contribution in [2.24, 2.45) is 17.2 Å². The van der Waals surface area contributed by atoms with Crippen molar-refractivity contribution in [1.29, 1.82) is 0 Å². The minimum Gasteiger partial charge on any atom is -0.389 e. The molecule has 25 atom stereocenters. The molecule has 38 nitrogen and oxygen atoms in total. The largest absolute Gasteiger partial charge is 0.397 e. The molecule has 0 aliphatic carbocycles. The van der Waals surface area contributed by atoms with Gasteiger partial charge in [0, 0.05) is 0 Å². The molecule has 5 heterocycles. The third-order valence-corrected chi connectivity index (χ3v) is 14.0. The van der Waals surface area contributed by atoms with Crippen molar-refractivity contribution in [2.45, 2.75) is 174 Å². The van der Waals surface area contributed by atoms with Crippen LogP contribution >= 0.6 is 0 Å². The van der Waals surface area contributed by atoms with E-state index in [-0.39, 0.29) is 0 Å². The second kappa shape index (κ2) is 24.6. The summed E-state index contributed by atoms with van der Waals surface area (Å²) in [5, 5.41) is 65.9. The van der Waals surface area contributed by atoms with Crippen molar-refractivity contribution in [3.05, 3.63) is 0 Å².